The van der Waals surface area contributed by atoms with Crippen molar-refractivity contribution in [1.29, 1.82) is 0 Å². The largest absolute Gasteiger partial charge is 0.479 e. The van der Waals surface area contributed by atoms with Crippen molar-refractivity contribution >= 4 is 12.1 Å². The molecule has 8 heteroatoms. The highest BCUT2D eigenvalue weighted by Gasteiger charge is 2.72. The minimum absolute atomic E-state index is 0.676. The van der Waals surface area contributed by atoms with Gasteiger partial charge in [0.15, 0.2) is 5.54 Å². The first-order valence-electron chi connectivity index (χ1n) is 5.20. The SMILES string of the molecule is CC(C)(C)OC(=O)N[C@]1(C(=O)O)C[C@H]1C(F)(F)F. The molecule has 1 aliphatic rings. The van der Waals surface area contributed by atoms with E-state index in [9.17, 15) is 22.8 Å². The van der Waals surface area contributed by atoms with Crippen LogP contribution < -0.4 is 5.32 Å². The number of alkyl carbamates (subject to hydrolysis) is 1. The lowest BCUT2D eigenvalue weighted by Crippen LogP contribution is -2.48. The molecule has 0 bridgehead atoms. The molecule has 0 spiro atoms. The molecule has 18 heavy (non-hydrogen) atoms. The van der Waals surface area contributed by atoms with E-state index in [0.717, 1.165) is 0 Å². The van der Waals surface area contributed by atoms with E-state index in [1.807, 2.05) is 0 Å². The molecule has 104 valence electrons. The molecular weight excluding hydrogens is 255 g/mol. The predicted octanol–water partition coefficient (Wildman–Crippen LogP) is 1.92. The van der Waals surface area contributed by atoms with E-state index < -0.39 is 41.7 Å². The van der Waals surface area contributed by atoms with Crippen LogP contribution in [0.5, 0.6) is 0 Å². The third-order valence-electron chi connectivity index (χ3n) is 2.46. The molecule has 2 N–H and O–H groups in total. The molecule has 5 nitrogen and oxygen atoms in total. The Bertz CT molecular complexity index is 374. The van der Waals surface area contributed by atoms with E-state index in [4.69, 9.17) is 9.84 Å². The number of rotatable bonds is 2. The molecule has 0 aromatic rings. The van der Waals surface area contributed by atoms with Crippen molar-refractivity contribution in [3.8, 4) is 0 Å². The van der Waals surface area contributed by atoms with E-state index in [1.54, 1.807) is 5.32 Å². The van der Waals surface area contributed by atoms with Crippen LogP contribution in [0.15, 0.2) is 0 Å². The second-order valence-corrected chi connectivity index (χ2v) is 5.20. The monoisotopic (exact) mass is 269 g/mol. The van der Waals surface area contributed by atoms with Crippen molar-refractivity contribution in [1.82, 2.24) is 5.32 Å². The molecule has 0 aromatic carbocycles. The van der Waals surface area contributed by atoms with Gasteiger partial charge in [-0.25, -0.2) is 9.59 Å². The van der Waals surface area contributed by atoms with E-state index in [0.29, 0.717) is 0 Å². The maximum atomic E-state index is 12.4. The maximum Gasteiger partial charge on any atom is 0.408 e. The molecule has 2 atom stereocenters. The van der Waals surface area contributed by atoms with Gasteiger partial charge in [0.05, 0.1) is 5.92 Å². The number of hydrogen-bond acceptors (Lipinski definition) is 3. The van der Waals surface area contributed by atoms with E-state index in [1.165, 1.54) is 20.8 Å². The normalized spacial score (nSPS) is 27.6. The van der Waals surface area contributed by atoms with Crippen molar-refractivity contribution in [2.24, 2.45) is 5.92 Å². The Labute approximate surface area is 101 Å². The number of carboxylic acid groups (broad SMARTS) is 1. The van der Waals surface area contributed by atoms with Crippen LogP contribution in [0.25, 0.3) is 0 Å². The number of hydrogen-bond donors (Lipinski definition) is 2. The first-order chi connectivity index (χ1) is 7.88. The smallest absolute Gasteiger partial charge is 0.408 e. The number of halogens is 3. The zero-order valence-corrected chi connectivity index (χ0v) is 10.1. The van der Waals surface area contributed by atoms with Gasteiger partial charge < -0.3 is 15.2 Å². The third kappa shape index (κ3) is 3.05. The summed E-state index contributed by atoms with van der Waals surface area (Å²) in [5, 5.41) is 10.6. The average Bonchev–Trinajstić information content (AvgIpc) is 2.75. The molecule has 0 aliphatic heterocycles. The molecule has 0 unspecified atom stereocenters. The molecule has 0 aromatic heterocycles. The fraction of sp³-hybridized carbons (Fsp3) is 0.800. The van der Waals surface area contributed by atoms with Crippen molar-refractivity contribution in [3.05, 3.63) is 0 Å². The summed E-state index contributed by atoms with van der Waals surface area (Å²) in [6, 6.07) is 0. The summed E-state index contributed by atoms with van der Waals surface area (Å²) in [7, 11) is 0. The van der Waals surface area contributed by atoms with Crippen LogP contribution in [-0.2, 0) is 9.53 Å². The number of carbonyl (C=O) groups excluding carboxylic acids is 1. The summed E-state index contributed by atoms with van der Waals surface area (Å²) >= 11 is 0. The zero-order valence-electron chi connectivity index (χ0n) is 10.1. The van der Waals surface area contributed by atoms with Gasteiger partial charge in [0, 0.05) is 0 Å². The highest BCUT2D eigenvalue weighted by molar-refractivity contribution is 5.88. The highest BCUT2D eigenvalue weighted by atomic mass is 19.4. The Morgan fingerprint density at radius 2 is 1.83 bits per heavy atom. The van der Waals surface area contributed by atoms with Crippen molar-refractivity contribution in [2.45, 2.75) is 44.5 Å². The van der Waals surface area contributed by atoms with Gasteiger partial charge in [-0.2, -0.15) is 13.2 Å². The Morgan fingerprint density at radius 1 is 1.33 bits per heavy atom. The topological polar surface area (TPSA) is 75.6 Å². The first-order valence-corrected chi connectivity index (χ1v) is 5.20. The summed E-state index contributed by atoms with van der Waals surface area (Å²) in [6.45, 7) is 4.57. The first kappa shape index (κ1) is 14.6. The van der Waals surface area contributed by atoms with Gasteiger partial charge in [0.25, 0.3) is 0 Å². The van der Waals surface area contributed by atoms with Crippen LogP contribution in [0.3, 0.4) is 0 Å². The van der Waals surface area contributed by atoms with Crippen molar-refractivity contribution < 1.29 is 32.6 Å². The van der Waals surface area contributed by atoms with Crippen molar-refractivity contribution in [2.75, 3.05) is 0 Å². The van der Waals surface area contributed by atoms with E-state index in [2.05, 4.69) is 0 Å². The van der Waals surface area contributed by atoms with Crippen LogP contribution in [0.1, 0.15) is 27.2 Å². The van der Waals surface area contributed by atoms with Crippen LogP contribution in [0.4, 0.5) is 18.0 Å². The molecule has 1 fully saturated rings. The molecule has 0 heterocycles. The lowest BCUT2D eigenvalue weighted by atomic mass is 10.2. The Kier molecular flexibility index (Phi) is 3.27. The predicted molar refractivity (Wildman–Crippen MR) is 53.9 cm³/mol. The molecule has 1 amide bonds. The van der Waals surface area contributed by atoms with Gasteiger partial charge in [-0.3, -0.25) is 0 Å². The number of carboxylic acids is 1. The molecule has 0 radical (unpaired) electrons. The summed E-state index contributed by atoms with van der Waals surface area (Å²) < 4.78 is 42.0. The molecule has 0 saturated heterocycles. The Morgan fingerprint density at radius 3 is 2.11 bits per heavy atom. The second kappa shape index (κ2) is 4.03. The van der Waals surface area contributed by atoms with Gasteiger partial charge in [0.1, 0.15) is 5.60 Å². The van der Waals surface area contributed by atoms with Crippen molar-refractivity contribution in [3.63, 3.8) is 0 Å². The van der Waals surface area contributed by atoms with Gasteiger partial charge in [-0.05, 0) is 27.2 Å². The van der Waals surface area contributed by atoms with Gasteiger partial charge in [-0.1, -0.05) is 0 Å². The summed E-state index contributed by atoms with van der Waals surface area (Å²) in [5.41, 5.74) is -3.20. The third-order valence-corrected chi connectivity index (χ3v) is 2.46. The van der Waals surface area contributed by atoms with E-state index >= 15 is 0 Å². The Hall–Kier alpha value is -1.47. The lowest BCUT2D eigenvalue weighted by Gasteiger charge is -2.22. The Balaban J connectivity index is 2.75. The molecule has 1 rings (SSSR count). The zero-order chi connectivity index (χ0) is 14.4. The minimum Gasteiger partial charge on any atom is -0.479 e. The standard InChI is InChI=1S/C10H14F3NO4/c1-8(2,3)18-7(17)14-9(6(15)16)4-5(9)10(11,12)13/h5H,4H2,1-3H3,(H,14,17)(H,15,16)/t5-,9-/m1/s1. The molecule has 1 aliphatic carbocycles. The fourth-order valence-corrected chi connectivity index (χ4v) is 1.57. The summed E-state index contributed by atoms with van der Waals surface area (Å²) in [4.78, 5) is 22.2. The van der Waals surface area contributed by atoms with Gasteiger partial charge in [0.2, 0.25) is 0 Å². The summed E-state index contributed by atoms with van der Waals surface area (Å²) in [5.74, 6) is -3.79. The quantitative estimate of drug-likeness (QED) is 0.803. The summed E-state index contributed by atoms with van der Waals surface area (Å²) in [6.07, 6.45) is -6.50. The number of amides is 1. The maximum absolute atomic E-state index is 12.4. The lowest BCUT2D eigenvalue weighted by molar-refractivity contribution is -0.163. The van der Waals surface area contributed by atoms with E-state index in [-0.39, 0.29) is 0 Å². The number of nitrogens with one attached hydrogen (secondary N) is 1. The van der Waals surface area contributed by atoms with Gasteiger partial charge >= 0.3 is 18.2 Å². The van der Waals surface area contributed by atoms with Crippen LogP contribution in [-0.4, -0.2) is 34.5 Å². The van der Waals surface area contributed by atoms with Crippen LogP contribution in [0.2, 0.25) is 0 Å². The average molecular weight is 269 g/mol. The fourth-order valence-electron chi connectivity index (χ4n) is 1.57. The van der Waals surface area contributed by atoms with Gasteiger partial charge in [-0.15, -0.1) is 0 Å². The number of alkyl halides is 3. The molecular formula is C10H14F3NO4. The second-order valence-electron chi connectivity index (χ2n) is 5.20. The number of carbonyl (C=O) groups is 2. The number of aliphatic carboxylic acids is 1. The number of ether oxygens (including phenoxy) is 1. The highest BCUT2D eigenvalue weighted by Crippen LogP contribution is 2.53. The minimum atomic E-state index is -4.66. The van der Waals surface area contributed by atoms with Crippen LogP contribution >= 0.6 is 0 Å². The molecule has 1 saturated carbocycles. The van der Waals surface area contributed by atoms with Crippen LogP contribution in [0, 0.1) is 5.92 Å².